The van der Waals surface area contributed by atoms with Crippen LogP contribution in [0.4, 0.5) is 5.69 Å². The van der Waals surface area contributed by atoms with Gasteiger partial charge in [0.2, 0.25) is 0 Å². The second kappa shape index (κ2) is 4.94. The third kappa shape index (κ3) is 2.70. The van der Waals surface area contributed by atoms with E-state index < -0.39 is 0 Å². The van der Waals surface area contributed by atoms with Gasteiger partial charge in [-0.3, -0.25) is 5.41 Å². The molecule has 0 spiro atoms. The van der Waals surface area contributed by atoms with Gasteiger partial charge in [0.1, 0.15) is 5.84 Å². The average Bonchev–Trinajstić information content (AvgIpc) is 2.30. The molecule has 4 N–H and O–H groups in total. The zero-order chi connectivity index (χ0) is 12.4. The van der Waals surface area contributed by atoms with E-state index >= 15 is 0 Å². The second-order valence-electron chi connectivity index (χ2n) is 4.29. The zero-order valence-corrected chi connectivity index (χ0v) is 10.2. The van der Waals surface area contributed by atoms with Crippen molar-refractivity contribution in [2.24, 2.45) is 5.73 Å². The number of anilines is 1. The summed E-state index contributed by atoms with van der Waals surface area (Å²) in [6.45, 7) is 1.56. The molecule has 0 saturated carbocycles. The molecule has 2 rings (SSSR count). The lowest BCUT2D eigenvalue weighted by molar-refractivity contribution is 0.145. The standard InChI is InChI=1S/C12H16ClN3O/c13-8-1-2-11(10(7-8)12(14)15)16-5-3-9(17)4-6-16/h1-2,7,9,17H,3-6H2,(H3,14,15). The van der Waals surface area contributed by atoms with E-state index in [4.69, 9.17) is 22.7 Å². The molecule has 1 heterocycles. The summed E-state index contributed by atoms with van der Waals surface area (Å²) in [6, 6.07) is 5.40. The topological polar surface area (TPSA) is 73.3 Å². The van der Waals surface area contributed by atoms with Gasteiger partial charge in [-0.25, -0.2) is 0 Å². The number of piperidine rings is 1. The molecule has 0 aromatic heterocycles. The van der Waals surface area contributed by atoms with Gasteiger partial charge in [-0.05, 0) is 31.0 Å². The molecule has 0 bridgehead atoms. The van der Waals surface area contributed by atoms with E-state index in [1.807, 2.05) is 6.07 Å². The number of nitrogens with two attached hydrogens (primary N) is 1. The summed E-state index contributed by atoms with van der Waals surface area (Å²) in [5.74, 6) is 0.0219. The van der Waals surface area contributed by atoms with Crippen molar-refractivity contribution in [2.75, 3.05) is 18.0 Å². The molecule has 1 aliphatic heterocycles. The lowest BCUT2D eigenvalue weighted by Gasteiger charge is -2.32. The molecular formula is C12H16ClN3O. The molecule has 0 atom stereocenters. The SMILES string of the molecule is N=C(N)c1cc(Cl)ccc1N1CCC(O)CC1. The van der Waals surface area contributed by atoms with E-state index in [2.05, 4.69) is 4.90 Å². The van der Waals surface area contributed by atoms with Gasteiger partial charge in [0.05, 0.1) is 6.10 Å². The van der Waals surface area contributed by atoms with Gasteiger partial charge in [-0.2, -0.15) is 0 Å². The van der Waals surface area contributed by atoms with Gasteiger partial charge < -0.3 is 15.7 Å². The van der Waals surface area contributed by atoms with Crippen molar-refractivity contribution in [3.63, 3.8) is 0 Å². The molecule has 17 heavy (non-hydrogen) atoms. The Bertz CT molecular complexity index is 428. The van der Waals surface area contributed by atoms with E-state index in [-0.39, 0.29) is 11.9 Å². The van der Waals surface area contributed by atoms with Crippen LogP contribution >= 0.6 is 11.6 Å². The number of benzene rings is 1. The van der Waals surface area contributed by atoms with Crippen LogP contribution in [0.5, 0.6) is 0 Å². The Labute approximate surface area is 105 Å². The summed E-state index contributed by atoms with van der Waals surface area (Å²) < 4.78 is 0. The fourth-order valence-electron chi connectivity index (χ4n) is 2.11. The van der Waals surface area contributed by atoms with E-state index in [0.717, 1.165) is 31.6 Å². The molecule has 5 heteroatoms. The van der Waals surface area contributed by atoms with Crippen LogP contribution in [0.25, 0.3) is 0 Å². The number of hydrogen-bond donors (Lipinski definition) is 3. The first-order valence-corrected chi connectivity index (χ1v) is 6.02. The van der Waals surface area contributed by atoms with Crippen molar-refractivity contribution in [1.82, 2.24) is 0 Å². The largest absolute Gasteiger partial charge is 0.393 e. The Morgan fingerprint density at radius 1 is 1.41 bits per heavy atom. The molecule has 0 aliphatic carbocycles. The lowest BCUT2D eigenvalue weighted by atomic mass is 10.0. The van der Waals surface area contributed by atoms with Crippen LogP contribution in [0.3, 0.4) is 0 Å². The Morgan fingerprint density at radius 3 is 2.65 bits per heavy atom. The fraction of sp³-hybridized carbons (Fsp3) is 0.417. The summed E-state index contributed by atoms with van der Waals surface area (Å²) in [5.41, 5.74) is 7.15. The van der Waals surface area contributed by atoms with Crippen molar-refractivity contribution < 1.29 is 5.11 Å². The number of amidine groups is 1. The highest BCUT2D eigenvalue weighted by Crippen LogP contribution is 2.26. The number of nitrogens with zero attached hydrogens (tertiary/aromatic N) is 1. The molecular weight excluding hydrogens is 238 g/mol. The maximum absolute atomic E-state index is 9.48. The smallest absolute Gasteiger partial charge is 0.124 e. The quantitative estimate of drug-likeness (QED) is 0.554. The molecule has 0 amide bonds. The third-order valence-electron chi connectivity index (χ3n) is 3.05. The van der Waals surface area contributed by atoms with Gasteiger partial charge in [-0.15, -0.1) is 0 Å². The summed E-state index contributed by atoms with van der Waals surface area (Å²) in [7, 11) is 0. The number of rotatable bonds is 2. The van der Waals surface area contributed by atoms with Gasteiger partial charge in [-0.1, -0.05) is 11.6 Å². The first-order chi connectivity index (χ1) is 8.08. The van der Waals surface area contributed by atoms with Crippen LogP contribution in [0, 0.1) is 5.41 Å². The highest BCUT2D eigenvalue weighted by atomic mass is 35.5. The lowest BCUT2D eigenvalue weighted by Crippen LogP contribution is -2.37. The number of nitrogens with one attached hydrogen (secondary N) is 1. The number of aliphatic hydroxyl groups excluding tert-OH is 1. The summed E-state index contributed by atoms with van der Waals surface area (Å²) >= 11 is 5.91. The van der Waals surface area contributed by atoms with Crippen LogP contribution in [-0.4, -0.2) is 30.1 Å². The first kappa shape index (κ1) is 12.2. The first-order valence-electron chi connectivity index (χ1n) is 5.65. The predicted octanol–water partition coefficient (Wildman–Crippen LogP) is 1.59. The molecule has 92 valence electrons. The highest BCUT2D eigenvalue weighted by molar-refractivity contribution is 6.31. The van der Waals surface area contributed by atoms with Crippen LogP contribution in [0.1, 0.15) is 18.4 Å². The van der Waals surface area contributed by atoms with Crippen molar-refractivity contribution in [2.45, 2.75) is 18.9 Å². The van der Waals surface area contributed by atoms with Crippen LogP contribution in [0.15, 0.2) is 18.2 Å². The molecule has 1 aromatic carbocycles. The predicted molar refractivity (Wildman–Crippen MR) is 69.9 cm³/mol. The van der Waals surface area contributed by atoms with Gasteiger partial charge >= 0.3 is 0 Å². The summed E-state index contributed by atoms with van der Waals surface area (Å²) in [4.78, 5) is 2.14. The molecule has 1 aliphatic rings. The molecule has 1 saturated heterocycles. The molecule has 0 unspecified atom stereocenters. The molecule has 4 nitrogen and oxygen atoms in total. The van der Waals surface area contributed by atoms with Crippen molar-refractivity contribution >= 4 is 23.1 Å². The van der Waals surface area contributed by atoms with Crippen LogP contribution < -0.4 is 10.6 Å². The second-order valence-corrected chi connectivity index (χ2v) is 4.73. The summed E-state index contributed by atoms with van der Waals surface area (Å²) in [5, 5.41) is 17.6. The van der Waals surface area contributed by atoms with Gasteiger partial charge in [0, 0.05) is 29.4 Å². The maximum Gasteiger partial charge on any atom is 0.124 e. The monoisotopic (exact) mass is 253 g/mol. The Morgan fingerprint density at radius 2 is 2.06 bits per heavy atom. The molecule has 1 aromatic rings. The van der Waals surface area contributed by atoms with Crippen molar-refractivity contribution in [3.05, 3.63) is 28.8 Å². The van der Waals surface area contributed by atoms with Crippen LogP contribution in [-0.2, 0) is 0 Å². The number of nitrogen functional groups attached to an aromatic ring is 1. The van der Waals surface area contributed by atoms with Crippen LogP contribution in [0.2, 0.25) is 5.02 Å². The van der Waals surface area contributed by atoms with E-state index in [1.165, 1.54) is 0 Å². The Hall–Kier alpha value is -1.26. The molecule has 1 fully saturated rings. The van der Waals surface area contributed by atoms with Gasteiger partial charge in [0.15, 0.2) is 0 Å². The van der Waals surface area contributed by atoms with E-state index in [0.29, 0.717) is 10.6 Å². The summed E-state index contributed by atoms with van der Waals surface area (Å²) in [6.07, 6.45) is 1.29. The van der Waals surface area contributed by atoms with E-state index in [9.17, 15) is 5.11 Å². The number of halogens is 1. The fourth-order valence-corrected chi connectivity index (χ4v) is 2.28. The number of hydrogen-bond acceptors (Lipinski definition) is 3. The minimum atomic E-state index is -0.209. The maximum atomic E-state index is 9.48. The normalized spacial score (nSPS) is 17.2. The number of aliphatic hydroxyl groups is 1. The molecule has 0 radical (unpaired) electrons. The highest BCUT2D eigenvalue weighted by Gasteiger charge is 2.20. The third-order valence-corrected chi connectivity index (χ3v) is 3.29. The zero-order valence-electron chi connectivity index (χ0n) is 9.49. The minimum Gasteiger partial charge on any atom is -0.393 e. The Kier molecular flexibility index (Phi) is 3.54. The van der Waals surface area contributed by atoms with Crippen molar-refractivity contribution in [3.8, 4) is 0 Å². The van der Waals surface area contributed by atoms with Gasteiger partial charge in [0.25, 0.3) is 0 Å². The Balaban J connectivity index is 2.28. The van der Waals surface area contributed by atoms with E-state index in [1.54, 1.807) is 12.1 Å². The average molecular weight is 254 g/mol. The van der Waals surface area contributed by atoms with Crippen molar-refractivity contribution in [1.29, 1.82) is 5.41 Å². The minimum absolute atomic E-state index is 0.0219.